The first-order valence-corrected chi connectivity index (χ1v) is 7.17. The lowest BCUT2D eigenvalue weighted by Gasteiger charge is -2.06. The molecule has 104 valence electrons. The van der Waals surface area contributed by atoms with Crippen LogP contribution in [0.3, 0.4) is 0 Å². The fourth-order valence-corrected chi connectivity index (χ4v) is 2.89. The Hall–Kier alpha value is -1.61. The van der Waals surface area contributed by atoms with Crippen LogP contribution in [0.15, 0.2) is 30.6 Å². The Morgan fingerprint density at radius 3 is 2.85 bits per heavy atom. The molecule has 0 amide bonds. The second-order valence-electron chi connectivity index (χ2n) is 5.21. The van der Waals surface area contributed by atoms with Gasteiger partial charge in [0, 0.05) is 30.9 Å². The van der Waals surface area contributed by atoms with E-state index in [2.05, 4.69) is 0 Å². The number of benzene rings is 1. The lowest BCUT2D eigenvalue weighted by atomic mass is 10.1. The van der Waals surface area contributed by atoms with Crippen LogP contribution < -0.4 is 0 Å². The third-order valence-electron chi connectivity index (χ3n) is 3.75. The number of hydrogen-bond acceptors (Lipinski definition) is 1. The molecule has 0 saturated carbocycles. The van der Waals surface area contributed by atoms with Gasteiger partial charge in [0.25, 0.3) is 0 Å². The highest BCUT2D eigenvalue weighted by Gasteiger charge is 2.18. The van der Waals surface area contributed by atoms with Gasteiger partial charge in [-0.15, -0.1) is 0 Å². The van der Waals surface area contributed by atoms with Gasteiger partial charge in [-0.2, -0.15) is 0 Å². The largest absolute Gasteiger partial charge is 0.349 e. The summed E-state index contributed by atoms with van der Waals surface area (Å²) >= 11 is 5.97. The molecular formula is C16H15ClFNO. The maximum absolute atomic E-state index is 13.4. The molecule has 1 heterocycles. The Labute approximate surface area is 122 Å². The van der Waals surface area contributed by atoms with E-state index in [1.165, 1.54) is 6.07 Å². The van der Waals surface area contributed by atoms with Crippen molar-refractivity contribution in [3.05, 3.63) is 58.1 Å². The summed E-state index contributed by atoms with van der Waals surface area (Å²) in [7, 11) is 0. The van der Waals surface area contributed by atoms with Gasteiger partial charge in [0.2, 0.25) is 0 Å². The van der Waals surface area contributed by atoms with Crippen LogP contribution in [0.4, 0.5) is 4.39 Å². The van der Waals surface area contributed by atoms with Crippen LogP contribution in [0.1, 0.15) is 40.7 Å². The van der Waals surface area contributed by atoms with Gasteiger partial charge in [0.15, 0.2) is 5.78 Å². The summed E-state index contributed by atoms with van der Waals surface area (Å²) in [4.78, 5) is 12.0. The Bertz CT molecular complexity index is 662. The van der Waals surface area contributed by atoms with E-state index in [0.29, 0.717) is 13.0 Å². The molecule has 2 aromatic rings. The van der Waals surface area contributed by atoms with Gasteiger partial charge in [-0.25, -0.2) is 4.39 Å². The second kappa shape index (κ2) is 5.41. The van der Waals surface area contributed by atoms with Gasteiger partial charge in [0.1, 0.15) is 5.82 Å². The van der Waals surface area contributed by atoms with E-state index < -0.39 is 5.82 Å². The van der Waals surface area contributed by atoms with Crippen molar-refractivity contribution in [2.45, 2.75) is 32.2 Å². The summed E-state index contributed by atoms with van der Waals surface area (Å²) in [5.74, 6) is -0.199. The summed E-state index contributed by atoms with van der Waals surface area (Å²) < 4.78 is 15.4. The molecule has 4 heteroatoms. The number of aromatic nitrogens is 1. The van der Waals surface area contributed by atoms with Crippen LogP contribution >= 0.6 is 11.6 Å². The zero-order valence-corrected chi connectivity index (χ0v) is 11.8. The van der Waals surface area contributed by atoms with Gasteiger partial charge < -0.3 is 4.57 Å². The molecule has 1 aliphatic rings. The van der Waals surface area contributed by atoms with Gasteiger partial charge in [-0.05, 0) is 36.5 Å². The van der Waals surface area contributed by atoms with Crippen molar-refractivity contribution in [3.8, 4) is 0 Å². The summed E-state index contributed by atoms with van der Waals surface area (Å²) in [6, 6.07) is 4.80. The highest BCUT2D eigenvalue weighted by atomic mass is 35.5. The molecule has 1 aliphatic carbocycles. The molecule has 3 rings (SSSR count). The maximum atomic E-state index is 13.4. The van der Waals surface area contributed by atoms with Crippen LogP contribution in [0, 0.1) is 5.82 Å². The molecule has 0 N–H and O–H groups in total. The normalized spacial score (nSPS) is 15.0. The molecule has 1 aromatic carbocycles. The highest BCUT2D eigenvalue weighted by molar-refractivity contribution is 6.31. The van der Waals surface area contributed by atoms with Crippen LogP contribution in [-0.2, 0) is 13.0 Å². The molecule has 0 fully saturated rings. The zero-order valence-electron chi connectivity index (χ0n) is 11.0. The van der Waals surface area contributed by atoms with Gasteiger partial charge >= 0.3 is 0 Å². The van der Waals surface area contributed by atoms with Crippen molar-refractivity contribution in [2.75, 3.05) is 0 Å². The first kappa shape index (κ1) is 13.4. The molecule has 0 bridgehead atoms. The van der Waals surface area contributed by atoms with E-state index in [1.807, 2.05) is 17.0 Å². The van der Waals surface area contributed by atoms with E-state index in [0.717, 1.165) is 36.0 Å². The van der Waals surface area contributed by atoms with E-state index in [4.69, 9.17) is 11.6 Å². The van der Waals surface area contributed by atoms with Crippen molar-refractivity contribution in [1.82, 2.24) is 4.57 Å². The Balaban J connectivity index is 1.91. The molecule has 1 aromatic heterocycles. The molecule has 0 aliphatic heterocycles. The monoisotopic (exact) mass is 291 g/mol. The predicted molar refractivity (Wildman–Crippen MR) is 76.8 cm³/mol. The average Bonchev–Trinajstić information content (AvgIpc) is 2.75. The first-order chi connectivity index (χ1) is 9.65. The number of rotatable bonds is 2. The number of carbonyl (C=O) groups is 1. The molecule has 0 atom stereocenters. The number of Topliss-reactive ketones (excluding diaryl/α,β-unsaturated/α-hetero) is 1. The Morgan fingerprint density at radius 2 is 2.00 bits per heavy atom. The number of ketones is 1. The zero-order chi connectivity index (χ0) is 14.1. The quantitative estimate of drug-likeness (QED) is 0.759. The van der Waals surface area contributed by atoms with Gasteiger partial charge in [0.05, 0.1) is 5.02 Å². The van der Waals surface area contributed by atoms with Crippen molar-refractivity contribution >= 4 is 17.4 Å². The number of carbonyl (C=O) groups excluding carboxylic acids is 1. The van der Waals surface area contributed by atoms with Crippen LogP contribution in [0.5, 0.6) is 0 Å². The summed E-state index contributed by atoms with van der Waals surface area (Å²) in [5.41, 5.74) is 2.64. The topological polar surface area (TPSA) is 22.0 Å². The standard InChI is InChI=1S/C16H15ClFNO/c17-16-12(5-3-6-14(16)18)9-19-8-11-4-1-2-7-15(20)13(11)10-19/h3,5-6,8,10H,1-2,4,7,9H2. The third-order valence-corrected chi connectivity index (χ3v) is 4.17. The van der Waals surface area contributed by atoms with Crippen LogP contribution in [0.25, 0.3) is 0 Å². The van der Waals surface area contributed by atoms with E-state index >= 15 is 0 Å². The first-order valence-electron chi connectivity index (χ1n) is 6.80. The summed E-state index contributed by atoms with van der Waals surface area (Å²) in [6.07, 6.45) is 7.42. The minimum Gasteiger partial charge on any atom is -0.349 e. The molecule has 0 unspecified atom stereocenters. The smallest absolute Gasteiger partial charge is 0.164 e. The van der Waals surface area contributed by atoms with Crippen molar-refractivity contribution < 1.29 is 9.18 Å². The molecule has 0 saturated heterocycles. The predicted octanol–water partition coefficient (Wildman–Crippen LogP) is 4.24. The number of halogens is 2. The van der Waals surface area contributed by atoms with Crippen molar-refractivity contribution in [3.63, 3.8) is 0 Å². The van der Waals surface area contributed by atoms with E-state index in [-0.39, 0.29) is 10.8 Å². The third kappa shape index (κ3) is 2.50. The Kier molecular flexibility index (Phi) is 3.62. The SMILES string of the molecule is O=C1CCCCc2cn(Cc3cccc(F)c3Cl)cc21. The lowest BCUT2D eigenvalue weighted by Crippen LogP contribution is -2.00. The van der Waals surface area contributed by atoms with E-state index in [9.17, 15) is 9.18 Å². The van der Waals surface area contributed by atoms with Gasteiger partial charge in [-0.3, -0.25) is 4.79 Å². The number of nitrogens with zero attached hydrogens (tertiary/aromatic N) is 1. The summed E-state index contributed by atoms with van der Waals surface area (Å²) in [5, 5.41) is 0.155. The van der Waals surface area contributed by atoms with Gasteiger partial charge in [-0.1, -0.05) is 23.7 Å². The molecular weight excluding hydrogens is 277 g/mol. The molecule has 0 radical (unpaired) electrons. The lowest BCUT2D eigenvalue weighted by molar-refractivity contribution is 0.0982. The maximum Gasteiger partial charge on any atom is 0.164 e. The van der Waals surface area contributed by atoms with Crippen LogP contribution in [-0.4, -0.2) is 10.4 Å². The van der Waals surface area contributed by atoms with Crippen LogP contribution in [0.2, 0.25) is 5.02 Å². The second-order valence-corrected chi connectivity index (χ2v) is 5.59. The van der Waals surface area contributed by atoms with Crippen molar-refractivity contribution in [1.29, 1.82) is 0 Å². The van der Waals surface area contributed by atoms with E-state index in [1.54, 1.807) is 12.1 Å². The molecule has 2 nitrogen and oxygen atoms in total. The number of hydrogen-bond donors (Lipinski definition) is 0. The average molecular weight is 292 g/mol. The number of fused-ring (bicyclic) bond motifs is 1. The minimum absolute atomic E-state index is 0.155. The fourth-order valence-electron chi connectivity index (χ4n) is 2.70. The number of aryl methyl sites for hydroxylation is 1. The fraction of sp³-hybridized carbons (Fsp3) is 0.312. The summed E-state index contributed by atoms with van der Waals surface area (Å²) in [6.45, 7) is 0.483. The Morgan fingerprint density at radius 1 is 1.20 bits per heavy atom. The van der Waals surface area contributed by atoms with Crippen molar-refractivity contribution in [2.24, 2.45) is 0 Å². The molecule has 20 heavy (non-hydrogen) atoms. The minimum atomic E-state index is -0.408. The molecule has 0 spiro atoms. The highest BCUT2D eigenvalue weighted by Crippen LogP contribution is 2.24.